The summed E-state index contributed by atoms with van der Waals surface area (Å²) in [6, 6.07) is 0. The normalized spacial score (nSPS) is 32.5. The maximum atomic E-state index is 3.54. The molecule has 0 nitrogen and oxygen atoms in total. The Morgan fingerprint density at radius 1 is 0.636 bits per heavy atom. The quantitative estimate of drug-likeness (QED) is 0.488. The summed E-state index contributed by atoms with van der Waals surface area (Å²) in [6.45, 7) is 0. The van der Waals surface area contributed by atoms with Gasteiger partial charge in [0.25, 0.3) is 0 Å². The highest BCUT2D eigenvalue weighted by atomic mass is 28.2. The zero-order valence-electron chi connectivity index (χ0n) is 6.12. The standard InChI is InChI=1S/C9H8Si2/c10-9(11)7-5-3-1-2-4-6-8-9/h1-8H/b3-1-,4-2-,7-5-,8-6-. The zero-order valence-corrected chi connectivity index (χ0v) is 8.12. The molecule has 0 aromatic carbocycles. The number of rotatable bonds is 0. The van der Waals surface area contributed by atoms with Gasteiger partial charge in [0.1, 0.15) is 0 Å². The van der Waals surface area contributed by atoms with E-state index in [-0.39, 0.29) is 4.66 Å². The van der Waals surface area contributed by atoms with E-state index >= 15 is 0 Å². The molecule has 0 heterocycles. The van der Waals surface area contributed by atoms with Crippen molar-refractivity contribution in [1.29, 1.82) is 0 Å². The first-order valence-corrected chi connectivity index (χ1v) is 4.41. The highest BCUT2D eigenvalue weighted by Gasteiger charge is 2.07. The first-order chi connectivity index (χ1) is 5.21. The van der Waals surface area contributed by atoms with Crippen LogP contribution < -0.4 is 0 Å². The predicted molar refractivity (Wildman–Crippen MR) is 50.8 cm³/mol. The van der Waals surface area contributed by atoms with Crippen molar-refractivity contribution in [2.24, 2.45) is 0 Å². The van der Waals surface area contributed by atoms with Crippen LogP contribution in [-0.4, -0.2) is 20.5 Å². The lowest BCUT2D eigenvalue weighted by Crippen LogP contribution is -2.04. The third kappa shape index (κ3) is 3.34. The lowest BCUT2D eigenvalue weighted by Gasteiger charge is -2.12. The van der Waals surface area contributed by atoms with Gasteiger partial charge in [0.15, 0.2) is 0 Å². The van der Waals surface area contributed by atoms with Gasteiger partial charge in [-0.25, -0.2) is 0 Å². The molecular weight excluding hydrogens is 164 g/mol. The Kier molecular flexibility index (Phi) is 2.85. The Bertz CT molecular complexity index is 208. The maximum Gasteiger partial charge on any atom is 0.0373 e. The molecule has 0 atom stereocenters. The summed E-state index contributed by atoms with van der Waals surface area (Å²) in [6.07, 6.45) is 15.9. The number of allylic oxidation sites excluding steroid dienone is 8. The Balaban J connectivity index is 2.86. The van der Waals surface area contributed by atoms with Crippen molar-refractivity contribution in [2.75, 3.05) is 0 Å². The monoisotopic (exact) mass is 172 g/mol. The first-order valence-electron chi connectivity index (χ1n) is 3.41. The smallest absolute Gasteiger partial charge is 0.0373 e. The topological polar surface area (TPSA) is 0 Å². The number of hydrogen-bond acceptors (Lipinski definition) is 0. The second-order valence-corrected chi connectivity index (χ2v) is 4.51. The molecule has 1 aliphatic rings. The molecule has 0 bridgehead atoms. The highest BCUT2D eigenvalue weighted by molar-refractivity contribution is 6.42. The van der Waals surface area contributed by atoms with Crippen LogP contribution in [0.25, 0.3) is 0 Å². The van der Waals surface area contributed by atoms with Crippen molar-refractivity contribution in [3.63, 3.8) is 0 Å². The van der Waals surface area contributed by atoms with Crippen molar-refractivity contribution in [1.82, 2.24) is 0 Å². The van der Waals surface area contributed by atoms with Crippen molar-refractivity contribution in [3.05, 3.63) is 48.6 Å². The second-order valence-electron chi connectivity index (χ2n) is 2.36. The van der Waals surface area contributed by atoms with Crippen LogP contribution in [0.15, 0.2) is 48.6 Å². The minimum Gasteiger partial charge on any atom is -0.0816 e. The van der Waals surface area contributed by atoms with E-state index in [0.717, 1.165) is 0 Å². The summed E-state index contributed by atoms with van der Waals surface area (Å²) in [4.78, 5) is 0. The fraction of sp³-hybridized carbons (Fsp3) is 0.111. The van der Waals surface area contributed by atoms with Crippen LogP contribution in [0.1, 0.15) is 0 Å². The van der Waals surface area contributed by atoms with E-state index in [1.807, 2.05) is 48.6 Å². The molecular formula is C9H8Si2. The van der Waals surface area contributed by atoms with E-state index in [4.69, 9.17) is 0 Å². The van der Waals surface area contributed by atoms with Gasteiger partial charge in [-0.2, -0.15) is 0 Å². The van der Waals surface area contributed by atoms with Crippen molar-refractivity contribution < 1.29 is 0 Å². The average Bonchev–Trinajstić information content (AvgIpc) is 2.00. The molecule has 52 valence electrons. The minimum absolute atomic E-state index is 0.209. The van der Waals surface area contributed by atoms with Gasteiger partial charge >= 0.3 is 0 Å². The lowest BCUT2D eigenvalue weighted by atomic mass is 10.3. The first kappa shape index (κ1) is 8.49. The molecule has 0 spiro atoms. The molecule has 0 N–H and O–H groups in total. The molecule has 0 aliphatic heterocycles. The molecule has 0 saturated heterocycles. The molecule has 6 radical (unpaired) electrons. The van der Waals surface area contributed by atoms with Crippen molar-refractivity contribution in [3.8, 4) is 0 Å². The summed E-state index contributed by atoms with van der Waals surface area (Å²) in [5.74, 6) is 0. The Morgan fingerprint density at radius 3 is 1.45 bits per heavy atom. The largest absolute Gasteiger partial charge is 0.0816 e. The third-order valence-electron chi connectivity index (χ3n) is 1.27. The van der Waals surface area contributed by atoms with Crippen LogP contribution in [0.3, 0.4) is 0 Å². The summed E-state index contributed by atoms with van der Waals surface area (Å²) >= 11 is 0. The van der Waals surface area contributed by atoms with Crippen LogP contribution in [0, 0.1) is 0 Å². The van der Waals surface area contributed by atoms with Gasteiger partial charge in [0.05, 0.1) is 0 Å². The van der Waals surface area contributed by atoms with Crippen molar-refractivity contribution in [2.45, 2.75) is 4.66 Å². The van der Waals surface area contributed by atoms with Gasteiger partial charge in [-0.1, -0.05) is 48.6 Å². The molecule has 0 aromatic heterocycles. The average molecular weight is 172 g/mol. The van der Waals surface area contributed by atoms with E-state index in [1.165, 1.54) is 0 Å². The summed E-state index contributed by atoms with van der Waals surface area (Å²) in [5, 5.41) is 0. The van der Waals surface area contributed by atoms with Gasteiger partial charge in [0, 0.05) is 20.5 Å². The fourth-order valence-corrected chi connectivity index (χ4v) is 1.11. The lowest BCUT2D eigenvalue weighted by molar-refractivity contribution is 1.25. The van der Waals surface area contributed by atoms with E-state index in [2.05, 4.69) is 20.5 Å². The van der Waals surface area contributed by atoms with E-state index < -0.39 is 0 Å². The molecule has 11 heavy (non-hydrogen) atoms. The Labute approximate surface area is 74.2 Å². The van der Waals surface area contributed by atoms with Crippen LogP contribution in [-0.2, 0) is 0 Å². The van der Waals surface area contributed by atoms with Crippen LogP contribution in [0.4, 0.5) is 0 Å². The predicted octanol–water partition coefficient (Wildman–Crippen LogP) is 1.68. The van der Waals surface area contributed by atoms with Crippen LogP contribution >= 0.6 is 0 Å². The molecule has 0 saturated carbocycles. The number of hydrogen-bond donors (Lipinski definition) is 0. The molecule has 1 rings (SSSR count). The fourth-order valence-electron chi connectivity index (χ4n) is 0.727. The molecule has 0 unspecified atom stereocenters. The van der Waals surface area contributed by atoms with Crippen molar-refractivity contribution >= 4 is 20.5 Å². The van der Waals surface area contributed by atoms with E-state index in [9.17, 15) is 0 Å². The Hall–Kier alpha value is -0.606. The van der Waals surface area contributed by atoms with Gasteiger partial charge < -0.3 is 0 Å². The highest BCUT2D eigenvalue weighted by Crippen LogP contribution is 2.19. The van der Waals surface area contributed by atoms with Gasteiger partial charge in [-0.3, -0.25) is 0 Å². The minimum atomic E-state index is -0.209. The zero-order chi connectivity index (χ0) is 8.16. The Morgan fingerprint density at radius 2 is 1.00 bits per heavy atom. The maximum absolute atomic E-state index is 3.54. The molecule has 2 heteroatoms. The molecule has 1 aliphatic carbocycles. The summed E-state index contributed by atoms with van der Waals surface area (Å²) in [7, 11) is 7.07. The second kappa shape index (κ2) is 3.69. The molecule has 0 aromatic rings. The summed E-state index contributed by atoms with van der Waals surface area (Å²) in [5.41, 5.74) is 0. The van der Waals surface area contributed by atoms with Crippen LogP contribution in [0.5, 0.6) is 0 Å². The van der Waals surface area contributed by atoms with E-state index in [1.54, 1.807) is 0 Å². The SMILES string of the molecule is [Si]C1([Si])\C=C/C=C\C=C/C=C\1. The van der Waals surface area contributed by atoms with Gasteiger partial charge in [0.2, 0.25) is 0 Å². The van der Waals surface area contributed by atoms with Crippen LogP contribution in [0.2, 0.25) is 4.66 Å². The van der Waals surface area contributed by atoms with Gasteiger partial charge in [-0.05, 0) is 4.66 Å². The molecule has 0 fully saturated rings. The molecule has 0 amide bonds. The third-order valence-corrected chi connectivity index (χ3v) is 1.94. The summed E-state index contributed by atoms with van der Waals surface area (Å²) < 4.78 is -0.209. The van der Waals surface area contributed by atoms with E-state index in [0.29, 0.717) is 0 Å². The van der Waals surface area contributed by atoms with Gasteiger partial charge in [-0.15, -0.1) is 0 Å².